The van der Waals surface area contributed by atoms with Crippen LogP contribution in [-0.4, -0.2) is 72.9 Å². The number of likely N-dealkylation sites (N-methyl/N-ethyl adjacent to an activating group) is 1. The van der Waals surface area contributed by atoms with E-state index >= 15 is 0 Å². The Labute approximate surface area is 233 Å². The van der Waals surface area contributed by atoms with Crippen LogP contribution in [0.15, 0.2) is 29.8 Å². The highest BCUT2D eigenvalue weighted by molar-refractivity contribution is 5.77. The third-order valence-electron chi connectivity index (χ3n) is 8.03. The molecule has 0 N–H and O–H groups in total. The van der Waals surface area contributed by atoms with Gasteiger partial charge in [-0.3, -0.25) is 4.79 Å². The molecule has 0 bridgehead atoms. The van der Waals surface area contributed by atoms with E-state index in [-0.39, 0.29) is 42.7 Å². The number of rotatable bonds is 6. The number of carbonyl (C=O) groups excluding carboxylic acids is 2. The van der Waals surface area contributed by atoms with Crippen molar-refractivity contribution in [1.82, 2.24) is 9.80 Å². The standard InChI is InChI=1S/C31H46N2O6/c1-20(2)10-9-14-31(6)24-16-21-18-33(29(35)39-30(3,4)5)15-13-25(21)37-28(24)23-17-22(11-12-26(23)38-31)36-19-27(34)32(7)8/h10-12,17,21,24-25,28H,9,13-16,18-19H2,1-8H3/t21-,24-,25-,28+,31+/m0/s1. The maximum absolute atomic E-state index is 12.8. The Kier molecular flexibility index (Phi) is 8.55. The third-order valence-corrected chi connectivity index (χ3v) is 8.03. The van der Waals surface area contributed by atoms with Gasteiger partial charge in [0.2, 0.25) is 0 Å². The molecular weight excluding hydrogens is 496 g/mol. The Morgan fingerprint density at radius 1 is 1.23 bits per heavy atom. The molecule has 3 aliphatic heterocycles. The Morgan fingerprint density at radius 3 is 2.64 bits per heavy atom. The van der Waals surface area contributed by atoms with Crippen molar-refractivity contribution in [2.75, 3.05) is 33.8 Å². The minimum atomic E-state index is -0.524. The molecule has 5 atom stereocenters. The van der Waals surface area contributed by atoms with Gasteiger partial charge in [0.1, 0.15) is 22.7 Å². The highest BCUT2D eigenvalue weighted by Crippen LogP contribution is 2.55. The average molecular weight is 543 g/mol. The first-order chi connectivity index (χ1) is 18.3. The number of likely N-dealkylation sites (tertiary alicyclic amines) is 1. The van der Waals surface area contributed by atoms with Gasteiger partial charge in [-0.15, -0.1) is 0 Å². The van der Waals surface area contributed by atoms with Gasteiger partial charge in [0.05, 0.1) is 12.2 Å². The minimum absolute atomic E-state index is 0.0206. The van der Waals surface area contributed by atoms with Gasteiger partial charge in [-0.25, -0.2) is 4.79 Å². The molecule has 3 heterocycles. The highest BCUT2D eigenvalue weighted by Gasteiger charge is 2.53. The molecule has 0 aliphatic carbocycles. The Hall–Kier alpha value is -2.74. The number of hydrogen-bond donors (Lipinski definition) is 0. The molecule has 2 saturated heterocycles. The molecule has 1 aromatic carbocycles. The van der Waals surface area contributed by atoms with Gasteiger partial charge in [-0.05, 0) is 85.4 Å². The number of amides is 2. The van der Waals surface area contributed by atoms with Crippen LogP contribution in [0.3, 0.4) is 0 Å². The van der Waals surface area contributed by atoms with Gasteiger partial charge in [-0.1, -0.05) is 11.6 Å². The van der Waals surface area contributed by atoms with E-state index in [2.05, 4.69) is 26.8 Å². The van der Waals surface area contributed by atoms with Crippen molar-refractivity contribution in [2.24, 2.45) is 11.8 Å². The molecule has 0 spiro atoms. The van der Waals surface area contributed by atoms with E-state index in [1.165, 1.54) is 10.5 Å². The van der Waals surface area contributed by atoms with E-state index in [1.807, 2.05) is 43.9 Å². The molecule has 216 valence electrons. The summed E-state index contributed by atoms with van der Waals surface area (Å²) in [6.45, 7) is 13.3. The zero-order valence-corrected chi connectivity index (χ0v) is 24.9. The van der Waals surface area contributed by atoms with Crippen LogP contribution in [0.1, 0.15) is 78.9 Å². The molecule has 0 unspecified atom stereocenters. The number of benzene rings is 1. The smallest absolute Gasteiger partial charge is 0.410 e. The fourth-order valence-electron chi connectivity index (χ4n) is 5.92. The summed E-state index contributed by atoms with van der Waals surface area (Å²) in [6, 6.07) is 5.78. The highest BCUT2D eigenvalue weighted by atomic mass is 16.6. The lowest BCUT2D eigenvalue weighted by atomic mass is 9.68. The molecule has 4 rings (SSSR count). The molecule has 8 heteroatoms. The van der Waals surface area contributed by atoms with Crippen LogP contribution in [0.25, 0.3) is 0 Å². The topological polar surface area (TPSA) is 77.5 Å². The number of allylic oxidation sites excluding steroid dienone is 2. The van der Waals surface area contributed by atoms with Gasteiger partial charge in [-0.2, -0.15) is 0 Å². The van der Waals surface area contributed by atoms with Crippen molar-refractivity contribution in [1.29, 1.82) is 0 Å². The summed E-state index contributed by atoms with van der Waals surface area (Å²) in [5.41, 5.74) is 1.32. The van der Waals surface area contributed by atoms with Crippen LogP contribution < -0.4 is 9.47 Å². The second-order valence-electron chi connectivity index (χ2n) is 12.9. The van der Waals surface area contributed by atoms with Gasteiger partial charge >= 0.3 is 6.09 Å². The molecule has 0 aromatic heterocycles. The summed E-state index contributed by atoms with van der Waals surface area (Å²) >= 11 is 0. The largest absolute Gasteiger partial charge is 0.487 e. The first-order valence-corrected chi connectivity index (χ1v) is 14.2. The Balaban J connectivity index is 1.59. The van der Waals surface area contributed by atoms with E-state index in [0.717, 1.165) is 37.0 Å². The van der Waals surface area contributed by atoms with Crippen LogP contribution in [0.5, 0.6) is 11.5 Å². The lowest BCUT2D eigenvalue weighted by Gasteiger charge is -2.54. The lowest BCUT2D eigenvalue weighted by Crippen LogP contribution is -2.57. The molecule has 8 nitrogen and oxygen atoms in total. The van der Waals surface area contributed by atoms with E-state index in [0.29, 0.717) is 18.8 Å². The molecule has 1 aromatic rings. The van der Waals surface area contributed by atoms with Crippen LogP contribution in [0.2, 0.25) is 0 Å². The van der Waals surface area contributed by atoms with Gasteiger partial charge in [0.25, 0.3) is 5.91 Å². The number of carbonyl (C=O) groups is 2. The zero-order chi connectivity index (χ0) is 28.5. The molecule has 39 heavy (non-hydrogen) atoms. The molecule has 2 amide bonds. The second-order valence-corrected chi connectivity index (χ2v) is 12.9. The fourth-order valence-corrected chi connectivity index (χ4v) is 5.92. The Morgan fingerprint density at radius 2 is 1.97 bits per heavy atom. The summed E-state index contributed by atoms with van der Waals surface area (Å²) in [5, 5.41) is 0. The predicted molar refractivity (Wildman–Crippen MR) is 150 cm³/mol. The second kappa shape index (κ2) is 11.4. The van der Waals surface area contributed by atoms with Crippen LogP contribution >= 0.6 is 0 Å². The van der Waals surface area contributed by atoms with Crippen molar-refractivity contribution >= 4 is 12.0 Å². The number of ether oxygens (including phenoxy) is 4. The van der Waals surface area contributed by atoms with E-state index in [4.69, 9.17) is 18.9 Å². The SMILES string of the molecule is CC(C)=CCC[C@@]1(C)Oc2ccc(OCC(=O)N(C)C)cc2[C@H]2O[C@H]3CCN(C(=O)OC(C)(C)C)C[C@@H]3C[C@@H]21. The summed E-state index contributed by atoms with van der Waals surface area (Å²) in [5.74, 6) is 1.66. The van der Waals surface area contributed by atoms with Crippen molar-refractivity contribution in [3.63, 3.8) is 0 Å². The first kappa shape index (κ1) is 29.2. The predicted octanol–water partition coefficient (Wildman–Crippen LogP) is 5.75. The monoisotopic (exact) mass is 542 g/mol. The maximum Gasteiger partial charge on any atom is 0.410 e. The molecule has 2 fully saturated rings. The molecule has 0 saturated carbocycles. The van der Waals surface area contributed by atoms with Crippen LogP contribution in [0.4, 0.5) is 4.79 Å². The molecule has 0 radical (unpaired) electrons. The molecule has 3 aliphatic rings. The summed E-state index contributed by atoms with van der Waals surface area (Å²) in [6.07, 6.45) is 5.36. The molecular formula is C31H46N2O6. The number of nitrogens with zero attached hydrogens (tertiary/aromatic N) is 2. The van der Waals surface area contributed by atoms with E-state index < -0.39 is 11.2 Å². The Bertz CT molecular complexity index is 1090. The van der Waals surface area contributed by atoms with Crippen molar-refractivity contribution in [3.8, 4) is 11.5 Å². The maximum atomic E-state index is 12.8. The van der Waals surface area contributed by atoms with Crippen LogP contribution in [0, 0.1) is 11.8 Å². The van der Waals surface area contributed by atoms with Crippen molar-refractivity contribution in [3.05, 3.63) is 35.4 Å². The quantitative estimate of drug-likeness (QED) is 0.426. The van der Waals surface area contributed by atoms with Gasteiger partial charge < -0.3 is 28.7 Å². The van der Waals surface area contributed by atoms with E-state index in [9.17, 15) is 9.59 Å². The lowest BCUT2D eigenvalue weighted by molar-refractivity contribution is -0.191. The normalized spacial score (nSPS) is 27.7. The zero-order valence-electron chi connectivity index (χ0n) is 24.9. The number of piperidine rings is 1. The third kappa shape index (κ3) is 6.89. The number of hydrogen-bond acceptors (Lipinski definition) is 6. The first-order valence-electron chi connectivity index (χ1n) is 14.2. The van der Waals surface area contributed by atoms with Crippen molar-refractivity contribution in [2.45, 2.75) is 90.6 Å². The summed E-state index contributed by atoms with van der Waals surface area (Å²) < 4.78 is 25.2. The van der Waals surface area contributed by atoms with E-state index in [1.54, 1.807) is 14.1 Å². The number of fused-ring (bicyclic) bond motifs is 4. The van der Waals surface area contributed by atoms with Gasteiger partial charge in [0, 0.05) is 44.6 Å². The average Bonchev–Trinajstić information content (AvgIpc) is 2.85. The van der Waals surface area contributed by atoms with Crippen molar-refractivity contribution < 1.29 is 28.5 Å². The fraction of sp³-hybridized carbons (Fsp3) is 0.677. The summed E-state index contributed by atoms with van der Waals surface area (Å²) in [4.78, 5) is 28.3. The van der Waals surface area contributed by atoms with Gasteiger partial charge in [0.15, 0.2) is 6.61 Å². The van der Waals surface area contributed by atoms with Crippen LogP contribution in [-0.2, 0) is 14.3 Å². The summed E-state index contributed by atoms with van der Waals surface area (Å²) in [7, 11) is 3.43. The minimum Gasteiger partial charge on any atom is -0.487 e.